The van der Waals surface area contributed by atoms with Crippen LogP contribution in [0.15, 0.2) is 29.2 Å². The van der Waals surface area contributed by atoms with Crippen LogP contribution in [0, 0.1) is 0 Å². The third-order valence-corrected chi connectivity index (χ3v) is 3.74. The summed E-state index contributed by atoms with van der Waals surface area (Å²) in [4.78, 5) is 0.347. The van der Waals surface area contributed by atoms with E-state index >= 15 is 0 Å². The molecule has 1 saturated heterocycles. The molecule has 17 heavy (non-hydrogen) atoms. The van der Waals surface area contributed by atoms with Gasteiger partial charge >= 0.3 is 0 Å². The first-order valence-electron chi connectivity index (χ1n) is 5.20. The first kappa shape index (κ1) is 14.4. The summed E-state index contributed by atoms with van der Waals surface area (Å²) in [6, 6.07) is 6.88. The Morgan fingerprint density at radius 2 is 1.94 bits per heavy atom. The van der Waals surface area contributed by atoms with E-state index in [1.807, 2.05) is 12.1 Å². The Morgan fingerprint density at radius 3 is 2.41 bits per heavy atom. The Hall–Kier alpha value is -0.620. The van der Waals surface area contributed by atoms with Gasteiger partial charge in [0.2, 0.25) is 0 Å². The molecule has 1 aromatic carbocycles. The van der Waals surface area contributed by atoms with E-state index in [4.69, 9.17) is 4.74 Å². The van der Waals surface area contributed by atoms with Gasteiger partial charge in [-0.25, -0.2) is 8.42 Å². The van der Waals surface area contributed by atoms with Gasteiger partial charge < -0.3 is 10.1 Å². The minimum absolute atomic E-state index is 0. The number of hydrogen-bond acceptors (Lipinski definition) is 4. The van der Waals surface area contributed by atoms with Crippen LogP contribution in [-0.4, -0.2) is 34.4 Å². The normalized spacial score (nSPS) is 20.6. The molecule has 0 amide bonds. The van der Waals surface area contributed by atoms with Crippen molar-refractivity contribution in [1.82, 2.24) is 5.32 Å². The van der Waals surface area contributed by atoms with E-state index in [2.05, 4.69) is 5.32 Å². The van der Waals surface area contributed by atoms with Gasteiger partial charge in [0.05, 0.1) is 17.6 Å². The van der Waals surface area contributed by atoms with E-state index < -0.39 is 9.84 Å². The van der Waals surface area contributed by atoms with Crippen molar-refractivity contribution in [3.8, 4) is 0 Å². The molecule has 1 unspecified atom stereocenters. The standard InChI is InChI=1S/C11H15NO3S.ClH/c1-16(13,14)10-4-2-9(3-5-10)11-8-12-6-7-15-11;/h2-5,11-12H,6-8H2,1H3;1H. The van der Waals surface area contributed by atoms with Crippen molar-refractivity contribution >= 4 is 22.2 Å². The molecule has 1 fully saturated rings. The quantitative estimate of drug-likeness (QED) is 0.882. The monoisotopic (exact) mass is 277 g/mol. The number of nitrogens with one attached hydrogen (secondary N) is 1. The molecule has 1 aliphatic heterocycles. The van der Waals surface area contributed by atoms with Gasteiger partial charge in [-0.1, -0.05) is 12.1 Å². The smallest absolute Gasteiger partial charge is 0.175 e. The zero-order chi connectivity index (χ0) is 11.6. The lowest BCUT2D eigenvalue weighted by Gasteiger charge is -2.23. The predicted octanol–water partition coefficient (Wildman–Crippen LogP) is 1.17. The van der Waals surface area contributed by atoms with Crippen LogP contribution in [0.2, 0.25) is 0 Å². The van der Waals surface area contributed by atoms with E-state index in [1.54, 1.807) is 12.1 Å². The maximum absolute atomic E-state index is 11.3. The lowest BCUT2D eigenvalue weighted by molar-refractivity contribution is 0.0277. The number of ether oxygens (including phenoxy) is 1. The Bertz CT molecular complexity index is 452. The molecular formula is C11H16ClNO3S. The number of halogens is 1. The Balaban J connectivity index is 0.00000144. The number of benzene rings is 1. The Kier molecular flexibility index (Phi) is 4.94. The first-order valence-corrected chi connectivity index (χ1v) is 7.09. The van der Waals surface area contributed by atoms with Crippen molar-refractivity contribution in [3.05, 3.63) is 29.8 Å². The fourth-order valence-electron chi connectivity index (χ4n) is 1.71. The van der Waals surface area contributed by atoms with Gasteiger partial charge in [0.1, 0.15) is 0 Å². The molecule has 1 aromatic rings. The molecule has 1 heterocycles. The molecule has 1 aliphatic rings. The van der Waals surface area contributed by atoms with Crippen LogP contribution in [0.25, 0.3) is 0 Å². The van der Waals surface area contributed by atoms with E-state index in [0.29, 0.717) is 11.5 Å². The second kappa shape index (κ2) is 5.82. The van der Waals surface area contributed by atoms with Crippen LogP contribution in [-0.2, 0) is 14.6 Å². The van der Waals surface area contributed by atoms with Crippen molar-refractivity contribution < 1.29 is 13.2 Å². The van der Waals surface area contributed by atoms with Crippen LogP contribution < -0.4 is 5.32 Å². The maximum Gasteiger partial charge on any atom is 0.175 e. The second-order valence-corrected chi connectivity index (χ2v) is 5.92. The average molecular weight is 278 g/mol. The molecule has 2 rings (SSSR count). The fraction of sp³-hybridized carbons (Fsp3) is 0.455. The third kappa shape index (κ3) is 3.67. The summed E-state index contributed by atoms with van der Waals surface area (Å²) < 4.78 is 28.1. The Morgan fingerprint density at radius 1 is 1.29 bits per heavy atom. The van der Waals surface area contributed by atoms with Crippen molar-refractivity contribution in [2.75, 3.05) is 26.0 Å². The summed E-state index contributed by atoms with van der Waals surface area (Å²) in [6.07, 6.45) is 1.24. The molecule has 0 radical (unpaired) electrons. The van der Waals surface area contributed by atoms with Gasteiger partial charge in [-0.15, -0.1) is 12.4 Å². The topological polar surface area (TPSA) is 55.4 Å². The average Bonchev–Trinajstić information content (AvgIpc) is 2.29. The number of rotatable bonds is 2. The predicted molar refractivity (Wildman–Crippen MR) is 68.4 cm³/mol. The summed E-state index contributed by atoms with van der Waals surface area (Å²) in [6.45, 7) is 2.34. The van der Waals surface area contributed by atoms with Gasteiger partial charge in [-0.2, -0.15) is 0 Å². The van der Waals surface area contributed by atoms with Gasteiger partial charge in [0.15, 0.2) is 9.84 Å². The van der Waals surface area contributed by atoms with Crippen LogP contribution in [0.4, 0.5) is 0 Å². The summed E-state index contributed by atoms with van der Waals surface area (Å²) >= 11 is 0. The van der Waals surface area contributed by atoms with Gasteiger partial charge in [-0.3, -0.25) is 0 Å². The highest BCUT2D eigenvalue weighted by atomic mass is 35.5. The molecule has 4 nitrogen and oxygen atoms in total. The molecule has 0 aliphatic carbocycles. The van der Waals surface area contributed by atoms with Crippen molar-refractivity contribution in [2.45, 2.75) is 11.0 Å². The fourth-order valence-corrected chi connectivity index (χ4v) is 2.34. The lowest BCUT2D eigenvalue weighted by Crippen LogP contribution is -2.33. The summed E-state index contributed by atoms with van der Waals surface area (Å²) in [5, 5.41) is 3.23. The zero-order valence-corrected chi connectivity index (χ0v) is 11.2. The van der Waals surface area contributed by atoms with Crippen LogP contribution in [0.1, 0.15) is 11.7 Å². The summed E-state index contributed by atoms with van der Waals surface area (Å²) in [5.74, 6) is 0. The minimum atomic E-state index is -3.11. The van der Waals surface area contributed by atoms with Gasteiger partial charge in [0.25, 0.3) is 0 Å². The molecule has 0 bridgehead atoms. The van der Waals surface area contributed by atoms with Crippen molar-refractivity contribution in [1.29, 1.82) is 0 Å². The minimum Gasteiger partial charge on any atom is -0.371 e. The second-order valence-electron chi connectivity index (χ2n) is 3.90. The van der Waals surface area contributed by atoms with Crippen LogP contribution in [0.5, 0.6) is 0 Å². The van der Waals surface area contributed by atoms with E-state index in [0.717, 1.165) is 18.7 Å². The van der Waals surface area contributed by atoms with E-state index in [-0.39, 0.29) is 18.5 Å². The SMILES string of the molecule is CS(=O)(=O)c1ccc(C2CNCCO2)cc1.Cl. The van der Waals surface area contributed by atoms with Crippen molar-refractivity contribution in [3.63, 3.8) is 0 Å². The van der Waals surface area contributed by atoms with Gasteiger partial charge in [0, 0.05) is 19.3 Å². The Labute approximate surface area is 108 Å². The number of hydrogen-bond donors (Lipinski definition) is 1. The van der Waals surface area contributed by atoms with E-state index in [1.165, 1.54) is 6.26 Å². The van der Waals surface area contributed by atoms with Gasteiger partial charge in [-0.05, 0) is 17.7 Å². The molecule has 0 saturated carbocycles. The summed E-state index contributed by atoms with van der Waals surface area (Å²) in [7, 11) is -3.11. The zero-order valence-electron chi connectivity index (χ0n) is 9.55. The molecule has 1 N–H and O–H groups in total. The first-order chi connectivity index (χ1) is 7.57. The molecular weight excluding hydrogens is 262 g/mol. The lowest BCUT2D eigenvalue weighted by atomic mass is 10.1. The van der Waals surface area contributed by atoms with Crippen LogP contribution >= 0.6 is 12.4 Å². The largest absolute Gasteiger partial charge is 0.371 e. The highest BCUT2D eigenvalue weighted by molar-refractivity contribution is 7.90. The molecule has 0 aromatic heterocycles. The van der Waals surface area contributed by atoms with E-state index in [9.17, 15) is 8.42 Å². The number of sulfone groups is 1. The summed E-state index contributed by atoms with van der Waals surface area (Å²) in [5.41, 5.74) is 1.01. The number of morpholine rings is 1. The highest BCUT2D eigenvalue weighted by Crippen LogP contribution is 2.20. The third-order valence-electron chi connectivity index (χ3n) is 2.61. The maximum atomic E-state index is 11.3. The molecule has 96 valence electrons. The van der Waals surface area contributed by atoms with Crippen molar-refractivity contribution in [2.24, 2.45) is 0 Å². The molecule has 6 heteroatoms. The van der Waals surface area contributed by atoms with Crippen LogP contribution in [0.3, 0.4) is 0 Å². The molecule has 1 atom stereocenters. The highest BCUT2D eigenvalue weighted by Gasteiger charge is 2.16. The molecule has 0 spiro atoms.